The Hall–Kier alpha value is -1.69. The molecule has 0 radical (unpaired) electrons. The molecule has 2 atom stereocenters. The van der Waals surface area contributed by atoms with Crippen LogP contribution < -0.4 is 5.73 Å². The second kappa shape index (κ2) is 5.60. The second-order valence-electron chi connectivity index (χ2n) is 5.62. The van der Waals surface area contributed by atoms with Gasteiger partial charge < -0.3 is 15.6 Å². The molecule has 1 aromatic rings. The zero-order chi connectivity index (χ0) is 14.9. The molecule has 0 bridgehead atoms. The van der Waals surface area contributed by atoms with Crippen molar-refractivity contribution in [3.8, 4) is 0 Å². The SMILES string of the molecule is NC(=O)C1(CN2CCOCC2)c2ccccc2C=CC1O. The van der Waals surface area contributed by atoms with Gasteiger partial charge in [0.15, 0.2) is 0 Å². The maximum Gasteiger partial charge on any atom is 0.232 e. The van der Waals surface area contributed by atoms with Crippen molar-refractivity contribution in [3.63, 3.8) is 0 Å². The van der Waals surface area contributed by atoms with E-state index in [0.29, 0.717) is 19.8 Å². The van der Waals surface area contributed by atoms with Crippen molar-refractivity contribution >= 4 is 12.0 Å². The quantitative estimate of drug-likeness (QED) is 0.829. The Labute approximate surface area is 124 Å². The van der Waals surface area contributed by atoms with E-state index in [1.807, 2.05) is 30.3 Å². The van der Waals surface area contributed by atoms with Crippen LogP contribution in [0.3, 0.4) is 0 Å². The van der Waals surface area contributed by atoms with Crippen LogP contribution >= 0.6 is 0 Å². The summed E-state index contributed by atoms with van der Waals surface area (Å²) < 4.78 is 5.34. The predicted octanol–water partition coefficient (Wildman–Crippen LogP) is 0.130. The standard InChI is InChI=1S/C16H20N2O3/c17-15(20)16(11-18-7-9-21-10-8-18)13-4-2-1-3-12(13)5-6-14(16)19/h1-6,14,19H,7-11H2,(H2,17,20). The Morgan fingerprint density at radius 2 is 2.10 bits per heavy atom. The van der Waals surface area contributed by atoms with Crippen molar-refractivity contribution in [1.82, 2.24) is 4.90 Å². The first-order valence-corrected chi connectivity index (χ1v) is 7.20. The summed E-state index contributed by atoms with van der Waals surface area (Å²) in [4.78, 5) is 14.4. The number of hydrogen-bond acceptors (Lipinski definition) is 4. The molecule has 2 aliphatic rings. The number of aliphatic hydroxyl groups is 1. The smallest absolute Gasteiger partial charge is 0.232 e. The summed E-state index contributed by atoms with van der Waals surface area (Å²) in [6, 6.07) is 7.62. The highest BCUT2D eigenvalue weighted by Crippen LogP contribution is 2.37. The Morgan fingerprint density at radius 3 is 2.81 bits per heavy atom. The fourth-order valence-corrected chi connectivity index (χ4v) is 3.21. The second-order valence-corrected chi connectivity index (χ2v) is 5.62. The van der Waals surface area contributed by atoms with Crippen LogP contribution in [0, 0.1) is 0 Å². The van der Waals surface area contributed by atoms with Crippen molar-refractivity contribution in [2.24, 2.45) is 5.73 Å². The normalized spacial score (nSPS) is 29.1. The fraction of sp³-hybridized carbons (Fsp3) is 0.438. The lowest BCUT2D eigenvalue weighted by Gasteiger charge is -2.42. The number of morpholine rings is 1. The minimum absolute atomic E-state index is 0.411. The van der Waals surface area contributed by atoms with Crippen LogP contribution in [-0.2, 0) is 14.9 Å². The molecule has 0 saturated carbocycles. The third-order valence-electron chi connectivity index (χ3n) is 4.42. The maximum absolute atomic E-state index is 12.3. The molecule has 1 heterocycles. The molecule has 1 aliphatic heterocycles. The highest BCUT2D eigenvalue weighted by atomic mass is 16.5. The van der Waals surface area contributed by atoms with Crippen LogP contribution in [0.2, 0.25) is 0 Å². The van der Waals surface area contributed by atoms with Gasteiger partial charge in [-0.2, -0.15) is 0 Å². The summed E-state index contributed by atoms with van der Waals surface area (Å²) >= 11 is 0. The van der Waals surface area contributed by atoms with Gasteiger partial charge in [0.05, 0.1) is 19.3 Å². The number of rotatable bonds is 3. The van der Waals surface area contributed by atoms with E-state index in [0.717, 1.165) is 24.2 Å². The first kappa shape index (κ1) is 14.3. The van der Waals surface area contributed by atoms with Crippen LogP contribution in [0.15, 0.2) is 30.3 Å². The molecule has 1 amide bonds. The average Bonchev–Trinajstić information content (AvgIpc) is 2.51. The number of carbonyl (C=O) groups is 1. The van der Waals surface area contributed by atoms with E-state index in [4.69, 9.17) is 10.5 Å². The van der Waals surface area contributed by atoms with Crippen LogP contribution in [-0.4, -0.2) is 54.9 Å². The van der Waals surface area contributed by atoms with E-state index in [-0.39, 0.29) is 0 Å². The number of aliphatic hydroxyl groups excluding tert-OH is 1. The fourth-order valence-electron chi connectivity index (χ4n) is 3.21. The zero-order valence-electron chi connectivity index (χ0n) is 11.9. The van der Waals surface area contributed by atoms with Gasteiger partial charge >= 0.3 is 0 Å². The van der Waals surface area contributed by atoms with Crippen molar-refractivity contribution in [2.75, 3.05) is 32.8 Å². The highest BCUT2D eigenvalue weighted by Gasteiger charge is 2.48. The van der Waals surface area contributed by atoms with E-state index >= 15 is 0 Å². The number of hydrogen-bond donors (Lipinski definition) is 2. The van der Waals surface area contributed by atoms with Crippen LogP contribution in [0.1, 0.15) is 11.1 Å². The summed E-state index contributed by atoms with van der Waals surface area (Å²) in [6.45, 7) is 3.18. The molecule has 112 valence electrons. The summed E-state index contributed by atoms with van der Waals surface area (Å²) in [5.74, 6) is -0.488. The van der Waals surface area contributed by atoms with Gasteiger partial charge in [-0.05, 0) is 11.1 Å². The van der Waals surface area contributed by atoms with Crippen LogP contribution in [0.4, 0.5) is 0 Å². The molecule has 0 spiro atoms. The van der Waals surface area contributed by atoms with Crippen molar-refractivity contribution in [2.45, 2.75) is 11.5 Å². The number of fused-ring (bicyclic) bond motifs is 1. The lowest BCUT2D eigenvalue weighted by Crippen LogP contribution is -2.59. The number of benzene rings is 1. The van der Waals surface area contributed by atoms with Gasteiger partial charge in [0.2, 0.25) is 5.91 Å². The Bertz CT molecular complexity index is 566. The van der Waals surface area contributed by atoms with E-state index in [1.54, 1.807) is 6.08 Å². The van der Waals surface area contributed by atoms with E-state index < -0.39 is 17.4 Å². The van der Waals surface area contributed by atoms with Gasteiger partial charge in [-0.25, -0.2) is 0 Å². The molecule has 1 saturated heterocycles. The predicted molar refractivity (Wildman–Crippen MR) is 79.6 cm³/mol. The van der Waals surface area contributed by atoms with Crippen molar-refractivity contribution < 1.29 is 14.6 Å². The Kier molecular flexibility index (Phi) is 3.80. The molecule has 3 rings (SSSR count). The van der Waals surface area contributed by atoms with Gasteiger partial charge in [0.1, 0.15) is 5.41 Å². The third kappa shape index (κ3) is 2.37. The maximum atomic E-state index is 12.3. The van der Waals surface area contributed by atoms with Gasteiger partial charge in [0.25, 0.3) is 0 Å². The van der Waals surface area contributed by atoms with Crippen molar-refractivity contribution in [3.05, 3.63) is 41.5 Å². The molecule has 0 aromatic heterocycles. The summed E-state index contributed by atoms with van der Waals surface area (Å²) in [6.07, 6.45) is 2.60. The topological polar surface area (TPSA) is 75.8 Å². The summed E-state index contributed by atoms with van der Waals surface area (Å²) in [5, 5.41) is 10.5. The van der Waals surface area contributed by atoms with E-state index in [9.17, 15) is 9.90 Å². The Balaban J connectivity index is 2.02. The Morgan fingerprint density at radius 1 is 1.38 bits per heavy atom. The molecular weight excluding hydrogens is 268 g/mol. The number of nitrogens with zero attached hydrogens (tertiary/aromatic N) is 1. The summed E-state index contributed by atoms with van der Waals surface area (Å²) in [5.41, 5.74) is 6.38. The number of ether oxygens (including phenoxy) is 1. The number of amides is 1. The highest BCUT2D eigenvalue weighted by molar-refractivity contribution is 5.91. The molecule has 3 N–H and O–H groups in total. The van der Waals surface area contributed by atoms with Crippen LogP contribution in [0.25, 0.3) is 6.08 Å². The van der Waals surface area contributed by atoms with Gasteiger partial charge in [-0.3, -0.25) is 9.69 Å². The molecule has 1 aromatic carbocycles. The molecule has 1 aliphatic carbocycles. The average molecular weight is 288 g/mol. The zero-order valence-corrected chi connectivity index (χ0v) is 11.9. The molecule has 1 fully saturated rings. The number of nitrogens with two attached hydrogens (primary N) is 1. The minimum atomic E-state index is -1.09. The minimum Gasteiger partial charge on any atom is -0.387 e. The number of primary amides is 1. The van der Waals surface area contributed by atoms with Gasteiger partial charge in [-0.15, -0.1) is 0 Å². The first-order valence-electron chi connectivity index (χ1n) is 7.20. The van der Waals surface area contributed by atoms with Gasteiger partial charge in [-0.1, -0.05) is 36.4 Å². The molecule has 2 unspecified atom stereocenters. The van der Waals surface area contributed by atoms with E-state index in [1.165, 1.54) is 0 Å². The molecular formula is C16H20N2O3. The van der Waals surface area contributed by atoms with Gasteiger partial charge in [0, 0.05) is 19.6 Å². The largest absolute Gasteiger partial charge is 0.387 e. The molecule has 5 nitrogen and oxygen atoms in total. The van der Waals surface area contributed by atoms with Crippen molar-refractivity contribution in [1.29, 1.82) is 0 Å². The molecule has 21 heavy (non-hydrogen) atoms. The first-order chi connectivity index (χ1) is 10.1. The third-order valence-corrected chi connectivity index (χ3v) is 4.42. The lowest BCUT2D eigenvalue weighted by molar-refractivity contribution is -0.128. The van der Waals surface area contributed by atoms with E-state index in [2.05, 4.69) is 4.90 Å². The number of carbonyl (C=O) groups excluding carboxylic acids is 1. The molecule has 5 heteroatoms. The monoisotopic (exact) mass is 288 g/mol. The van der Waals surface area contributed by atoms with Crippen LogP contribution in [0.5, 0.6) is 0 Å². The summed E-state index contributed by atoms with van der Waals surface area (Å²) in [7, 11) is 0. The lowest BCUT2D eigenvalue weighted by atomic mass is 9.69.